The Kier molecular flexibility index (Phi) is 6.53. The molecule has 1 atom stereocenters. The van der Waals surface area contributed by atoms with Gasteiger partial charge < -0.3 is 24.1 Å². The van der Waals surface area contributed by atoms with Crippen LogP contribution < -0.4 is 5.32 Å². The van der Waals surface area contributed by atoms with Gasteiger partial charge in [0.1, 0.15) is 11.5 Å². The number of imidazole rings is 1. The molecule has 2 aromatic heterocycles. The fraction of sp³-hybridized carbons (Fsp3) is 0.348. The lowest BCUT2D eigenvalue weighted by atomic mass is 9.98. The van der Waals surface area contributed by atoms with Crippen LogP contribution in [0.15, 0.2) is 30.5 Å². The average molecular weight is 475 g/mol. The van der Waals surface area contributed by atoms with Gasteiger partial charge >= 0.3 is 6.09 Å². The predicted molar refractivity (Wildman–Crippen MR) is 121 cm³/mol. The van der Waals surface area contributed by atoms with Gasteiger partial charge in [-0.05, 0) is 30.7 Å². The Morgan fingerprint density at radius 3 is 2.88 bits per heavy atom. The van der Waals surface area contributed by atoms with E-state index in [1.165, 1.54) is 26.3 Å². The number of halogens is 2. The van der Waals surface area contributed by atoms with Crippen molar-refractivity contribution in [3.05, 3.63) is 58.1 Å². The molecule has 1 N–H and O–H groups in total. The summed E-state index contributed by atoms with van der Waals surface area (Å²) in [7, 11) is 2.80. The number of aryl methyl sites for hydroxylation is 1. The summed E-state index contributed by atoms with van der Waals surface area (Å²) < 4.78 is 27.5. The summed E-state index contributed by atoms with van der Waals surface area (Å²) in [6, 6.07) is 6.31. The molecule has 174 valence electrons. The summed E-state index contributed by atoms with van der Waals surface area (Å²) >= 11 is 6.18. The number of nitrogens with one attached hydrogen (secondary N) is 1. The number of methoxy groups -OCH3 is 1. The highest BCUT2D eigenvalue weighted by Crippen LogP contribution is 2.31. The Hall–Kier alpha value is -3.17. The number of nitrogens with zero attached hydrogens (tertiary/aromatic N) is 3. The van der Waals surface area contributed by atoms with Crippen molar-refractivity contribution < 1.29 is 23.5 Å². The molecule has 1 aromatic carbocycles. The van der Waals surface area contributed by atoms with Crippen LogP contribution in [-0.4, -0.2) is 66.2 Å². The van der Waals surface area contributed by atoms with Gasteiger partial charge in [-0.3, -0.25) is 4.79 Å². The van der Waals surface area contributed by atoms with Gasteiger partial charge in [0.15, 0.2) is 0 Å². The lowest BCUT2D eigenvalue weighted by molar-refractivity contribution is -0.0241. The smallest absolute Gasteiger partial charge is 0.409 e. The highest BCUT2D eigenvalue weighted by molar-refractivity contribution is 6.30. The quantitative estimate of drug-likeness (QED) is 0.626. The van der Waals surface area contributed by atoms with Gasteiger partial charge in [0, 0.05) is 42.9 Å². The zero-order chi connectivity index (χ0) is 23.7. The summed E-state index contributed by atoms with van der Waals surface area (Å²) in [6.45, 7) is 2.99. The summed E-state index contributed by atoms with van der Waals surface area (Å²) in [4.78, 5) is 30.3. The number of rotatable bonds is 4. The number of fused-ring (bicyclic) bond motifs is 1. The number of aromatic nitrogens is 2. The maximum Gasteiger partial charge on any atom is 0.409 e. The maximum absolute atomic E-state index is 14.8. The van der Waals surface area contributed by atoms with Crippen molar-refractivity contribution in [3.8, 4) is 11.3 Å². The molecular formula is C23H24ClFN4O4. The van der Waals surface area contributed by atoms with E-state index in [1.807, 2.05) is 4.40 Å². The van der Waals surface area contributed by atoms with Crippen molar-refractivity contribution in [2.45, 2.75) is 19.4 Å². The van der Waals surface area contributed by atoms with E-state index in [2.05, 4.69) is 5.32 Å². The predicted octanol–water partition coefficient (Wildman–Crippen LogP) is 3.47. The fourth-order valence-electron chi connectivity index (χ4n) is 4.08. The first-order valence-corrected chi connectivity index (χ1v) is 10.8. The lowest BCUT2D eigenvalue weighted by Crippen LogP contribution is -2.46. The monoisotopic (exact) mass is 474 g/mol. The molecule has 0 aliphatic carbocycles. The van der Waals surface area contributed by atoms with E-state index in [-0.39, 0.29) is 11.7 Å². The Bertz CT molecular complexity index is 1230. The number of hydrogen-bond donors (Lipinski definition) is 1. The highest BCUT2D eigenvalue weighted by Gasteiger charge is 2.28. The third-order valence-electron chi connectivity index (χ3n) is 5.72. The number of ether oxygens (including phenoxy) is 2. The summed E-state index contributed by atoms with van der Waals surface area (Å²) in [5, 5.41) is 2.97. The van der Waals surface area contributed by atoms with Gasteiger partial charge in [-0.1, -0.05) is 11.6 Å². The largest absolute Gasteiger partial charge is 0.453 e. The van der Waals surface area contributed by atoms with Crippen LogP contribution in [0.4, 0.5) is 9.18 Å². The molecule has 4 rings (SSSR count). The van der Waals surface area contributed by atoms with Crippen LogP contribution in [0.2, 0.25) is 5.02 Å². The minimum atomic E-state index is -0.637. The fourth-order valence-corrected chi connectivity index (χ4v) is 4.23. The highest BCUT2D eigenvalue weighted by atomic mass is 35.5. The van der Waals surface area contributed by atoms with Crippen molar-refractivity contribution >= 4 is 29.2 Å². The van der Waals surface area contributed by atoms with Crippen LogP contribution in [0.5, 0.6) is 0 Å². The molecule has 2 amide bonds. The Morgan fingerprint density at radius 2 is 2.15 bits per heavy atom. The first kappa shape index (κ1) is 23.0. The Balaban J connectivity index is 1.78. The minimum Gasteiger partial charge on any atom is -0.453 e. The van der Waals surface area contributed by atoms with E-state index in [1.54, 1.807) is 30.2 Å². The SMILES string of the molecule is CNC(=O)c1cc(C)c(-c2nc3cc(Cl)ccn3c2C[C@H]2CN(C(=O)OC)CCO2)cc1F. The molecule has 1 saturated heterocycles. The maximum atomic E-state index is 14.8. The van der Waals surface area contributed by atoms with E-state index < -0.39 is 17.8 Å². The molecule has 3 aromatic rings. The normalized spacial score (nSPS) is 16.2. The Morgan fingerprint density at radius 1 is 1.36 bits per heavy atom. The summed E-state index contributed by atoms with van der Waals surface area (Å²) in [5.41, 5.74) is 3.19. The van der Waals surface area contributed by atoms with Crippen molar-refractivity contribution in [1.29, 1.82) is 0 Å². The van der Waals surface area contributed by atoms with Gasteiger partial charge in [-0.15, -0.1) is 0 Å². The number of pyridine rings is 1. The zero-order valence-corrected chi connectivity index (χ0v) is 19.3. The third-order valence-corrected chi connectivity index (χ3v) is 5.96. The first-order chi connectivity index (χ1) is 15.8. The molecule has 0 bridgehead atoms. The van der Waals surface area contributed by atoms with Crippen LogP contribution in [-0.2, 0) is 15.9 Å². The molecule has 0 spiro atoms. The summed E-state index contributed by atoms with van der Waals surface area (Å²) in [6.07, 6.45) is 1.51. The van der Waals surface area contributed by atoms with Gasteiger partial charge in [-0.2, -0.15) is 0 Å². The van der Waals surface area contributed by atoms with Crippen molar-refractivity contribution in [1.82, 2.24) is 19.6 Å². The van der Waals surface area contributed by atoms with Gasteiger partial charge in [0.25, 0.3) is 5.91 Å². The second kappa shape index (κ2) is 9.36. The van der Waals surface area contributed by atoms with Crippen LogP contribution >= 0.6 is 11.6 Å². The van der Waals surface area contributed by atoms with Crippen molar-refractivity contribution in [3.63, 3.8) is 0 Å². The molecule has 1 aliphatic heterocycles. The molecule has 3 heterocycles. The molecule has 1 fully saturated rings. The third kappa shape index (κ3) is 4.51. The standard InChI is InChI=1S/C23H24ClFN4O4/c1-13-8-17(22(30)26-2)18(25)11-16(13)21-19(29-5-4-14(24)9-20(29)27-21)10-15-12-28(6-7-33-15)23(31)32-3/h4-5,8-9,11,15H,6-7,10,12H2,1-3H3,(H,26,30)/t15-/m0/s1. The molecule has 0 saturated carbocycles. The summed E-state index contributed by atoms with van der Waals surface area (Å²) in [5.74, 6) is -1.13. The topological polar surface area (TPSA) is 85.2 Å². The number of morpholine rings is 1. The number of carbonyl (C=O) groups is 2. The van der Waals surface area contributed by atoms with E-state index >= 15 is 0 Å². The molecule has 10 heteroatoms. The second-order valence-electron chi connectivity index (χ2n) is 7.82. The minimum absolute atomic E-state index is 0.0311. The molecule has 1 aliphatic rings. The van der Waals surface area contributed by atoms with Crippen molar-refractivity contribution in [2.75, 3.05) is 33.9 Å². The van der Waals surface area contributed by atoms with E-state index in [4.69, 9.17) is 26.1 Å². The van der Waals surface area contributed by atoms with Crippen LogP contribution in [0.1, 0.15) is 21.6 Å². The number of carbonyl (C=O) groups excluding carboxylic acids is 2. The number of amides is 2. The molecular weight excluding hydrogens is 451 g/mol. The van der Waals surface area contributed by atoms with Gasteiger partial charge in [0.05, 0.1) is 43.3 Å². The van der Waals surface area contributed by atoms with Crippen molar-refractivity contribution in [2.24, 2.45) is 0 Å². The van der Waals surface area contributed by atoms with E-state index in [9.17, 15) is 14.0 Å². The van der Waals surface area contributed by atoms with E-state index in [0.717, 1.165) is 5.69 Å². The second-order valence-corrected chi connectivity index (χ2v) is 8.26. The van der Waals surface area contributed by atoms with Gasteiger partial charge in [-0.25, -0.2) is 14.2 Å². The molecule has 33 heavy (non-hydrogen) atoms. The van der Waals surface area contributed by atoms with Crippen LogP contribution in [0.25, 0.3) is 16.9 Å². The number of hydrogen-bond acceptors (Lipinski definition) is 5. The zero-order valence-electron chi connectivity index (χ0n) is 18.5. The first-order valence-electron chi connectivity index (χ1n) is 10.5. The Labute approximate surface area is 195 Å². The molecule has 0 radical (unpaired) electrons. The van der Waals surface area contributed by atoms with Crippen LogP contribution in [0.3, 0.4) is 0 Å². The average Bonchev–Trinajstić information content (AvgIpc) is 3.16. The lowest BCUT2D eigenvalue weighted by Gasteiger charge is -2.32. The van der Waals surface area contributed by atoms with Gasteiger partial charge in [0.2, 0.25) is 0 Å². The van der Waals surface area contributed by atoms with E-state index in [0.29, 0.717) is 53.6 Å². The van der Waals surface area contributed by atoms with Crippen LogP contribution in [0, 0.1) is 12.7 Å². The molecule has 0 unspecified atom stereocenters. The number of benzene rings is 1. The molecule has 8 nitrogen and oxygen atoms in total.